The van der Waals surface area contributed by atoms with Crippen molar-refractivity contribution in [3.8, 4) is 11.1 Å². The number of Topliss-reactive ketones (excluding diaryl/α,β-unsaturated/α-hetero) is 2. The number of carboxylic acids is 1. The number of hydrogen-bond acceptors (Lipinski definition) is 8. The Bertz CT molecular complexity index is 1550. The highest BCUT2D eigenvalue weighted by Crippen LogP contribution is 2.44. The molecule has 3 aromatic rings. The van der Waals surface area contributed by atoms with E-state index in [4.69, 9.17) is 14.6 Å². The Balaban J connectivity index is 1.20. The van der Waals surface area contributed by atoms with Crippen molar-refractivity contribution in [1.29, 1.82) is 0 Å². The smallest absolute Gasteiger partial charge is 0.407 e. The number of ether oxygens (including phenoxy) is 2. The lowest BCUT2D eigenvalue weighted by molar-refractivity contribution is -0.143. The minimum absolute atomic E-state index is 0.105. The lowest BCUT2D eigenvalue weighted by Gasteiger charge is -2.18. The molecule has 1 aliphatic carbocycles. The summed E-state index contributed by atoms with van der Waals surface area (Å²) in [6.07, 6.45) is -1.28. The molecule has 1 aliphatic rings. The van der Waals surface area contributed by atoms with Crippen LogP contribution in [0.4, 0.5) is 4.79 Å². The van der Waals surface area contributed by atoms with Crippen molar-refractivity contribution in [2.45, 2.75) is 44.1 Å². The van der Waals surface area contributed by atoms with Crippen LogP contribution < -0.4 is 16.0 Å². The SMILES string of the molecule is O=C(O)COCNC(=O)CCC(=O)[C@H](Cc1ccccc1)NC(=O)CCC(=O)CNC(=O)OCC1c2ccccc2-c2ccccc21. The van der Waals surface area contributed by atoms with Gasteiger partial charge in [0.05, 0.1) is 12.6 Å². The molecule has 0 aromatic heterocycles. The van der Waals surface area contributed by atoms with Gasteiger partial charge in [0.2, 0.25) is 11.8 Å². The molecule has 0 heterocycles. The van der Waals surface area contributed by atoms with Crippen molar-refractivity contribution in [1.82, 2.24) is 16.0 Å². The zero-order valence-electron chi connectivity index (χ0n) is 25.7. The molecular weight excluding hydrogens is 606 g/mol. The van der Waals surface area contributed by atoms with Gasteiger partial charge >= 0.3 is 12.1 Å². The van der Waals surface area contributed by atoms with E-state index in [0.29, 0.717) is 0 Å². The van der Waals surface area contributed by atoms with E-state index in [1.165, 1.54) is 0 Å². The minimum atomic E-state index is -1.18. The number of carbonyl (C=O) groups is 6. The molecule has 0 saturated carbocycles. The third-order valence-electron chi connectivity index (χ3n) is 7.61. The molecule has 0 aliphatic heterocycles. The van der Waals surface area contributed by atoms with Gasteiger partial charge in [-0.05, 0) is 34.2 Å². The molecule has 4 N–H and O–H groups in total. The van der Waals surface area contributed by atoms with Gasteiger partial charge in [-0.3, -0.25) is 19.2 Å². The quantitative estimate of drug-likeness (QED) is 0.120. The summed E-state index contributed by atoms with van der Waals surface area (Å²) in [5, 5.41) is 16.1. The first-order valence-corrected chi connectivity index (χ1v) is 15.2. The maximum absolute atomic E-state index is 13.0. The van der Waals surface area contributed by atoms with Crippen LogP contribution in [0.3, 0.4) is 0 Å². The summed E-state index contributed by atoms with van der Waals surface area (Å²) < 4.78 is 10.2. The number of amides is 3. The van der Waals surface area contributed by atoms with Crippen molar-refractivity contribution in [2.75, 3.05) is 26.5 Å². The van der Waals surface area contributed by atoms with E-state index in [1.807, 2.05) is 54.6 Å². The molecule has 47 heavy (non-hydrogen) atoms. The van der Waals surface area contributed by atoms with Crippen LogP contribution in [-0.2, 0) is 39.9 Å². The second-order valence-corrected chi connectivity index (χ2v) is 11.0. The van der Waals surface area contributed by atoms with Crippen LogP contribution in [-0.4, -0.2) is 73.1 Å². The van der Waals surface area contributed by atoms with Gasteiger partial charge < -0.3 is 30.5 Å². The van der Waals surface area contributed by atoms with E-state index in [-0.39, 0.29) is 69.5 Å². The minimum Gasteiger partial charge on any atom is -0.480 e. The van der Waals surface area contributed by atoms with Crippen molar-refractivity contribution >= 4 is 35.4 Å². The molecule has 0 saturated heterocycles. The largest absolute Gasteiger partial charge is 0.480 e. The number of nitrogens with one attached hydrogen (secondary N) is 3. The first-order valence-electron chi connectivity index (χ1n) is 15.2. The third-order valence-corrected chi connectivity index (χ3v) is 7.61. The predicted molar refractivity (Wildman–Crippen MR) is 170 cm³/mol. The average molecular weight is 644 g/mol. The summed E-state index contributed by atoms with van der Waals surface area (Å²) in [5.41, 5.74) is 5.13. The Hall–Kier alpha value is -5.36. The number of hydrogen-bond donors (Lipinski definition) is 4. The molecular formula is C35H37N3O9. The summed E-state index contributed by atoms with van der Waals surface area (Å²) in [4.78, 5) is 73.1. The van der Waals surface area contributed by atoms with E-state index < -0.39 is 36.5 Å². The Morgan fingerprint density at radius 1 is 0.723 bits per heavy atom. The molecule has 3 amide bonds. The second kappa shape index (κ2) is 17.4. The lowest BCUT2D eigenvalue weighted by atomic mass is 9.98. The Morgan fingerprint density at radius 2 is 1.34 bits per heavy atom. The van der Waals surface area contributed by atoms with E-state index in [9.17, 15) is 28.8 Å². The Kier molecular flexibility index (Phi) is 12.8. The van der Waals surface area contributed by atoms with E-state index >= 15 is 0 Å². The van der Waals surface area contributed by atoms with Crippen LogP contribution in [0.15, 0.2) is 78.9 Å². The zero-order valence-corrected chi connectivity index (χ0v) is 25.7. The Labute approximate surface area is 271 Å². The third kappa shape index (κ3) is 10.6. The molecule has 0 fully saturated rings. The average Bonchev–Trinajstić information content (AvgIpc) is 3.39. The van der Waals surface area contributed by atoms with Gasteiger partial charge in [0, 0.05) is 31.6 Å². The van der Waals surface area contributed by atoms with Gasteiger partial charge in [0.1, 0.15) is 19.9 Å². The molecule has 1 atom stereocenters. The van der Waals surface area contributed by atoms with Crippen LogP contribution in [0.2, 0.25) is 0 Å². The fraction of sp³-hybridized carbons (Fsp3) is 0.314. The standard InChI is InChI=1S/C35H37N3O9/c39-24(19-36-35(45)47-20-29-27-12-6-4-10-25(27)26-11-5-7-13-28(26)29)14-16-33(42)38-30(18-23-8-2-1-3-9-23)31(40)15-17-32(41)37-22-46-21-34(43)44/h1-13,29-30H,14-22H2,(H,36,45)(H,37,41)(H,38,42)(H,43,44)/t30-/m0/s1. The van der Waals surface area contributed by atoms with Crippen LogP contribution in [0.25, 0.3) is 11.1 Å². The number of rotatable bonds is 18. The fourth-order valence-corrected chi connectivity index (χ4v) is 5.29. The van der Waals surface area contributed by atoms with Crippen LogP contribution in [0.5, 0.6) is 0 Å². The highest BCUT2D eigenvalue weighted by molar-refractivity contribution is 5.93. The maximum atomic E-state index is 13.0. The van der Waals surface area contributed by atoms with Gasteiger partial charge in [-0.25, -0.2) is 9.59 Å². The number of carbonyl (C=O) groups excluding carboxylic acids is 5. The number of fused-ring (bicyclic) bond motifs is 3. The summed E-state index contributed by atoms with van der Waals surface area (Å²) >= 11 is 0. The summed E-state index contributed by atoms with van der Waals surface area (Å²) in [7, 11) is 0. The molecule has 0 unspecified atom stereocenters. The summed E-state index contributed by atoms with van der Waals surface area (Å²) in [6.45, 7) is -1.10. The van der Waals surface area contributed by atoms with E-state index in [1.54, 1.807) is 24.3 Å². The Morgan fingerprint density at radius 3 is 2.00 bits per heavy atom. The topological polar surface area (TPSA) is 177 Å². The van der Waals surface area contributed by atoms with Crippen molar-refractivity contribution in [3.05, 3.63) is 95.6 Å². The first-order chi connectivity index (χ1) is 22.7. The normalized spacial score (nSPS) is 12.3. The number of carboxylic acid groups (broad SMARTS) is 1. The van der Waals surface area contributed by atoms with E-state index in [2.05, 4.69) is 16.0 Å². The maximum Gasteiger partial charge on any atom is 0.407 e. The van der Waals surface area contributed by atoms with Crippen molar-refractivity contribution < 1.29 is 43.3 Å². The molecule has 3 aromatic carbocycles. The molecule has 0 bridgehead atoms. The number of alkyl carbamates (subject to hydrolysis) is 1. The van der Waals surface area contributed by atoms with E-state index in [0.717, 1.165) is 27.8 Å². The summed E-state index contributed by atoms with van der Waals surface area (Å²) in [6, 6.07) is 24.0. The van der Waals surface area contributed by atoms with Gasteiger partial charge in [0.15, 0.2) is 11.6 Å². The summed E-state index contributed by atoms with van der Waals surface area (Å²) in [5.74, 6) is -3.11. The molecule has 12 heteroatoms. The van der Waals surface area contributed by atoms with Crippen LogP contribution in [0, 0.1) is 0 Å². The molecule has 246 valence electrons. The highest BCUT2D eigenvalue weighted by atomic mass is 16.5. The zero-order chi connectivity index (χ0) is 33.6. The van der Waals surface area contributed by atoms with Gasteiger partial charge in [-0.2, -0.15) is 0 Å². The van der Waals surface area contributed by atoms with Crippen LogP contribution >= 0.6 is 0 Å². The van der Waals surface area contributed by atoms with Crippen molar-refractivity contribution in [2.24, 2.45) is 0 Å². The van der Waals surface area contributed by atoms with Gasteiger partial charge in [0.25, 0.3) is 0 Å². The van der Waals surface area contributed by atoms with Gasteiger partial charge in [-0.15, -0.1) is 0 Å². The number of aliphatic carboxylic acids is 1. The molecule has 4 rings (SSSR count). The van der Waals surface area contributed by atoms with Crippen molar-refractivity contribution in [3.63, 3.8) is 0 Å². The van der Waals surface area contributed by atoms with Gasteiger partial charge in [-0.1, -0.05) is 78.9 Å². The lowest BCUT2D eigenvalue weighted by Crippen LogP contribution is -2.43. The predicted octanol–water partition coefficient (Wildman–Crippen LogP) is 3.13. The monoisotopic (exact) mass is 643 g/mol. The first kappa shape index (κ1) is 34.5. The molecule has 0 spiro atoms. The second-order valence-electron chi connectivity index (χ2n) is 11.0. The molecule has 12 nitrogen and oxygen atoms in total. The highest BCUT2D eigenvalue weighted by Gasteiger charge is 2.29. The fourth-order valence-electron chi connectivity index (χ4n) is 5.29. The number of benzene rings is 3. The molecule has 0 radical (unpaired) electrons. The van der Waals surface area contributed by atoms with Crippen LogP contribution in [0.1, 0.15) is 48.3 Å². The number of ketones is 2.